The van der Waals surface area contributed by atoms with Gasteiger partial charge in [-0.2, -0.15) is 0 Å². The zero-order chi connectivity index (χ0) is 18.4. The summed E-state index contributed by atoms with van der Waals surface area (Å²) in [7, 11) is 1.72. The Kier molecular flexibility index (Phi) is 6.86. The summed E-state index contributed by atoms with van der Waals surface area (Å²) in [6, 6.07) is 11.1. The summed E-state index contributed by atoms with van der Waals surface area (Å²) in [6.45, 7) is 3.91. The number of fused-ring (bicyclic) bond motifs is 1. The Morgan fingerprint density at radius 3 is 2.46 bits per heavy atom. The quantitative estimate of drug-likeness (QED) is 0.437. The van der Waals surface area contributed by atoms with Crippen molar-refractivity contribution in [3.63, 3.8) is 0 Å². The number of aryl methyl sites for hydroxylation is 1. The molecule has 0 heterocycles. The largest absolute Gasteiger partial charge is 0.495 e. The Bertz CT molecular complexity index is 751. The highest BCUT2D eigenvalue weighted by Crippen LogP contribution is 2.32. The SMILES string of the molecule is COc1c(C(=S)NCCNC2CCCCCC2)cc(C)c2ccccc12. The van der Waals surface area contributed by atoms with Crippen LogP contribution in [-0.2, 0) is 0 Å². The van der Waals surface area contributed by atoms with Crippen LogP contribution in [0.5, 0.6) is 5.75 Å². The van der Waals surface area contributed by atoms with E-state index in [2.05, 4.69) is 41.8 Å². The molecule has 1 aliphatic carbocycles. The summed E-state index contributed by atoms with van der Waals surface area (Å²) < 4.78 is 5.71. The second kappa shape index (κ2) is 9.33. The van der Waals surface area contributed by atoms with E-state index in [0.717, 1.165) is 34.8 Å². The highest BCUT2D eigenvalue weighted by molar-refractivity contribution is 7.80. The van der Waals surface area contributed by atoms with Gasteiger partial charge in [0.25, 0.3) is 0 Å². The van der Waals surface area contributed by atoms with E-state index in [0.29, 0.717) is 6.04 Å². The van der Waals surface area contributed by atoms with Crippen molar-refractivity contribution in [2.75, 3.05) is 20.2 Å². The molecule has 0 unspecified atom stereocenters. The van der Waals surface area contributed by atoms with Crippen molar-refractivity contribution in [3.05, 3.63) is 41.5 Å². The lowest BCUT2D eigenvalue weighted by Gasteiger charge is -2.18. The number of ether oxygens (including phenoxy) is 1. The molecule has 0 amide bonds. The highest BCUT2D eigenvalue weighted by Gasteiger charge is 2.15. The zero-order valence-corrected chi connectivity index (χ0v) is 16.8. The van der Waals surface area contributed by atoms with Gasteiger partial charge in [0, 0.05) is 24.5 Å². The first kappa shape index (κ1) is 19.1. The first-order valence-corrected chi connectivity index (χ1v) is 10.2. The third kappa shape index (κ3) is 4.54. The molecular formula is C22H30N2OS. The van der Waals surface area contributed by atoms with Crippen LogP contribution in [0.3, 0.4) is 0 Å². The third-order valence-electron chi connectivity index (χ3n) is 5.35. The summed E-state index contributed by atoms with van der Waals surface area (Å²) in [6.07, 6.45) is 8.11. The number of benzene rings is 2. The van der Waals surface area contributed by atoms with Crippen LogP contribution < -0.4 is 15.4 Å². The molecule has 0 atom stereocenters. The van der Waals surface area contributed by atoms with Crippen LogP contribution in [0.15, 0.2) is 30.3 Å². The molecule has 26 heavy (non-hydrogen) atoms. The van der Waals surface area contributed by atoms with Gasteiger partial charge in [-0.1, -0.05) is 62.2 Å². The number of hydrogen-bond donors (Lipinski definition) is 2. The Labute approximate surface area is 162 Å². The van der Waals surface area contributed by atoms with Gasteiger partial charge in [0.1, 0.15) is 10.7 Å². The van der Waals surface area contributed by atoms with E-state index >= 15 is 0 Å². The van der Waals surface area contributed by atoms with Crippen LogP contribution in [0.2, 0.25) is 0 Å². The lowest BCUT2D eigenvalue weighted by molar-refractivity contribution is 0.418. The maximum Gasteiger partial charge on any atom is 0.136 e. The van der Waals surface area contributed by atoms with Crippen molar-refractivity contribution in [2.45, 2.75) is 51.5 Å². The van der Waals surface area contributed by atoms with Gasteiger partial charge in [0.05, 0.1) is 12.7 Å². The fourth-order valence-electron chi connectivity index (χ4n) is 3.95. The van der Waals surface area contributed by atoms with Crippen molar-refractivity contribution in [1.29, 1.82) is 0 Å². The first-order chi connectivity index (χ1) is 12.7. The zero-order valence-electron chi connectivity index (χ0n) is 15.9. The molecule has 2 aromatic carbocycles. The van der Waals surface area contributed by atoms with E-state index in [1.54, 1.807) is 7.11 Å². The molecule has 0 spiro atoms. The Hall–Kier alpha value is -1.65. The molecule has 1 aliphatic rings. The maximum atomic E-state index is 5.71. The van der Waals surface area contributed by atoms with Gasteiger partial charge < -0.3 is 15.4 Å². The maximum absolute atomic E-state index is 5.71. The van der Waals surface area contributed by atoms with Crippen LogP contribution in [0, 0.1) is 6.92 Å². The van der Waals surface area contributed by atoms with E-state index in [1.165, 1.54) is 49.5 Å². The molecule has 140 valence electrons. The molecule has 0 aliphatic heterocycles. The normalized spacial score (nSPS) is 15.6. The summed E-state index contributed by atoms with van der Waals surface area (Å²) in [5.74, 6) is 0.862. The van der Waals surface area contributed by atoms with Crippen LogP contribution in [0.1, 0.15) is 49.7 Å². The number of hydrogen-bond acceptors (Lipinski definition) is 3. The topological polar surface area (TPSA) is 33.3 Å². The minimum Gasteiger partial charge on any atom is -0.495 e. The summed E-state index contributed by atoms with van der Waals surface area (Å²) >= 11 is 5.67. The van der Waals surface area contributed by atoms with E-state index < -0.39 is 0 Å². The molecule has 2 aromatic rings. The first-order valence-electron chi connectivity index (χ1n) is 9.78. The third-order valence-corrected chi connectivity index (χ3v) is 5.71. The van der Waals surface area contributed by atoms with Gasteiger partial charge >= 0.3 is 0 Å². The van der Waals surface area contributed by atoms with Crippen LogP contribution in [-0.4, -0.2) is 31.2 Å². The summed E-state index contributed by atoms with van der Waals surface area (Å²) in [5.41, 5.74) is 2.20. The van der Waals surface area contributed by atoms with E-state index in [4.69, 9.17) is 17.0 Å². The number of thiocarbonyl (C=S) groups is 1. The highest BCUT2D eigenvalue weighted by atomic mass is 32.1. The Balaban J connectivity index is 1.62. The summed E-state index contributed by atoms with van der Waals surface area (Å²) in [5, 5.41) is 9.42. The molecule has 1 saturated carbocycles. The molecular weight excluding hydrogens is 340 g/mol. The summed E-state index contributed by atoms with van der Waals surface area (Å²) in [4.78, 5) is 0.762. The smallest absolute Gasteiger partial charge is 0.136 e. The van der Waals surface area contributed by atoms with Crippen molar-refractivity contribution in [1.82, 2.24) is 10.6 Å². The van der Waals surface area contributed by atoms with E-state index in [9.17, 15) is 0 Å². The number of methoxy groups -OCH3 is 1. The monoisotopic (exact) mass is 370 g/mol. The predicted molar refractivity (Wildman–Crippen MR) is 114 cm³/mol. The van der Waals surface area contributed by atoms with Crippen molar-refractivity contribution in [3.8, 4) is 5.75 Å². The fraction of sp³-hybridized carbons (Fsp3) is 0.500. The van der Waals surface area contributed by atoms with Crippen LogP contribution in [0.25, 0.3) is 10.8 Å². The molecule has 1 fully saturated rings. The Morgan fingerprint density at radius 2 is 1.77 bits per heavy atom. The molecule has 0 radical (unpaired) electrons. The second-order valence-corrected chi connectivity index (χ2v) is 7.63. The molecule has 4 heteroatoms. The number of rotatable bonds is 6. The molecule has 3 nitrogen and oxygen atoms in total. The predicted octanol–water partition coefficient (Wildman–Crippen LogP) is 4.73. The lowest BCUT2D eigenvalue weighted by atomic mass is 10.00. The minimum atomic E-state index is 0.672. The van der Waals surface area contributed by atoms with Crippen molar-refractivity contribution >= 4 is 28.0 Å². The molecule has 0 aromatic heterocycles. The average Bonchev–Trinajstić information content (AvgIpc) is 2.94. The Morgan fingerprint density at radius 1 is 1.08 bits per heavy atom. The molecule has 0 bridgehead atoms. The van der Waals surface area contributed by atoms with E-state index in [1.807, 2.05) is 6.07 Å². The number of nitrogens with one attached hydrogen (secondary N) is 2. The van der Waals surface area contributed by atoms with Gasteiger partial charge in [-0.15, -0.1) is 0 Å². The van der Waals surface area contributed by atoms with Gasteiger partial charge in [-0.3, -0.25) is 0 Å². The van der Waals surface area contributed by atoms with Gasteiger partial charge in [0.2, 0.25) is 0 Å². The second-order valence-electron chi connectivity index (χ2n) is 7.22. The molecule has 2 N–H and O–H groups in total. The van der Waals surface area contributed by atoms with Gasteiger partial charge in [-0.05, 0) is 36.8 Å². The van der Waals surface area contributed by atoms with Crippen LogP contribution in [0.4, 0.5) is 0 Å². The standard InChI is InChI=1S/C22H30N2OS/c1-16-15-20(21(25-2)19-12-8-7-11-18(16)19)22(26)24-14-13-23-17-9-5-3-4-6-10-17/h7-8,11-12,15,17,23H,3-6,9-10,13-14H2,1-2H3,(H,24,26). The molecule has 3 rings (SSSR count). The van der Waals surface area contributed by atoms with Crippen LogP contribution >= 0.6 is 12.2 Å². The van der Waals surface area contributed by atoms with Crippen molar-refractivity contribution in [2.24, 2.45) is 0 Å². The van der Waals surface area contributed by atoms with Crippen molar-refractivity contribution < 1.29 is 4.74 Å². The van der Waals surface area contributed by atoms with Gasteiger partial charge in [-0.25, -0.2) is 0 Å². The average molecular weight is 371 g/mol. The van der Waals surface area contributed by atoms with E-state index in [-0.39, 0.29) is 0 Å². The fourth-order valence-corrected chi connectivity index (χ4v) is 4.20. The minimum absolute atomic E-state index is 0.672. The van der Waals surface area contributed by atoms with Gasteiger partial charge in [0.15, 0.2) is 0 Å². The lowest BCUT2D eigenvalue weighted by Crippen LogP contribution is -2.36. The molecule has 0 saturated heterocycles.